The lowest BCUT2D eigenvalue weighted by Crippen LogP contribution is -1.63. The van der Waals surface area contributed by atoms with E-state index < -0.39 is 0 Å². The zero-order valence-electron chi connectivity index (χ0n) is 6.10. The molecular weight excluding hydrogens is 144 g/mol. The Morgan fingerprint density at radius 3 is 2.40 bits per heavy atom. The predicted molar refractivity (Wildman–Crippen MR) is 48.1 cm³/mol. The molecule has 0 saturated heterocycles. The molecule has 0 aromatic carbocycles. The van der Waals surface area contributed by atoms with E-state index >= 15 is 0 Å². The molecule has 0 atom stereocenters. The standard InChI is InChI=1S/C9H11Cl/c1-4-5-9(10)7-6-8(2)3/h4-7H,1-2H2,3H3/b7-6-,9-5+. The smallest absolute Gasteiger partial charge is 0.0405 e. The molecule has 0 fully saturated rings. The van der Waals surface area contributed by atoms with Crippen LogP contribution in [0.3, 0.4) is 0 Å². The largest absolute Gasteiger partial charge is 0.0990 e. The zero-order chi connectivity index (χ0) is 7.98. The average Bonchev–Trinajstić information content (AvgIpc) is 1.85. The van der Waals surface area contributed by atoms with Crippen molar-refractivity contribution in [3.8, 4) is 0 Å². The lowest BCUT2D eigenvalue weighted by molar-refractivity contribution is 1.56. The Bertz CT molecular complexity index is 185. The van der Waals surface area contributed by atoms with Crippen LogP contribution in [-0.2, 0) is 0 Å². The molecule has 0 bridgehead atoms. The van der Waals surface area contributed by atoms with Gasteiger partial charge in [0.15, 0.2) is 0 Å². The van der Waals surface area contributed by atoms with Crippen LogP contribution in [0, 0.1) is 0 Å². The van der Waals surface area contributed by atoms with E-state index in [1.807, 2.05) is 13.0 Å². The molecule has 0 heterocycles. The van der Waals surface area contributed by atoms with E-state index in [-0.39, 0.29) is 0 Å². The highest BCUT2D eigenvalue weighted by Crippen LogP contribution is 2.04. The van der Waals surface area contributed by atoms with Crippen LogP contribution in [0.4, 0.5) is 0 Å². The van der Waals surface area contributed by atoms with E-state index in [0.29, 0.717) is 5.03 Å². The minimum atomic E-state index is 0.665. The third-order valence-electron chi connectivity index (χ3n) is 0.804. The van der Waals surface area contributed by atoms with E-state index in [2.05, 4.69) is 13.2 Å². The van der Waals surface area contributed by atoms with Gasteiger partial charge in [0, 0.05) is 5.03 Å². The molecule has 1 heteroatoms. The molecule has 0 aliphatic carbocycles. The van der Waals surface area contributed by atoms with Crippen LogP contribution in [0.2, 0.25) is 0 Å². The maximum absolute atomic E-state index is 5.69. The van der Waals surface area contributed by atoms with Gasteiger partial charge in [0.1, 0.15) is 0 Å². The summed E-state index contributed by atoms with van der Waals surface area (Å²) < 4.78 is 0. The summed E-state index contributed by atoms with van der Waals surface area (Å²) in [5.41, 5.74) is 0.982. The first-order valence-corrected chi connectivity index (χ1v) is 3.36. The highest BCUT2D eigenvalue weighted by atomic mass is 35.5. The average molecular weight is 155 g/mol. The number of allylic oxidation sites excluding steroid dienone is 6. The van der Waals surface area contributed by atoms with Crippen molar-refractivity contribution in [1.29, 1.82) is 0 Å². The first-order valence-electron chi connectivity index (χ1n) is 2.98. The van der Waals surface area contributed by atoms with Gasteiger partial charge in [-0.25, -0.2) is 0 Å². The van der Waals surface area contributed by atoms with E-state index in [4.69, 9.17) is 11.6 Å². The van der Waals surface area contributed by atoms with Crippen LogP contribution in [0.15, 0.2) is 48.1 Å². The molecular formula is C9H11Cl. The summed E-state index contributed by atoms with van der Waals surface area (Å²) in [6.07, 6.45) is 7.00. The van der Waals surface area contributed by atoms with Crippen LogP contribution in [-0.4, -0.2) is 0 Å². The Labute approximate surface area is 67.2 Å². The molecule has 0 N–H and O–H groups in total. The summed E-state index contributed by atoms with van der Waals surface area (Å²) in [4.78, 5) is 0. The quantitative estimate of drug-likeness (QED) is 0.547. The van der Waals surface area contributed by atoms with Gasteiger partial charge in [-0.2, -0.15) is 0 Å². The summed E-state index contributed by atoms with van der Waals surface area (Å²) in [5, 5.41) is 0.665. The van der Waals surface area contributed by atoms with Gasteiger partial charge >= 0.3 is 0 Å². The number of hydrogen-bond donors (Lipinski definition) is 0. The monoisotopic (exact) mass is 154 g/mol. The Kier molecular flexibility index (Phi) is 4.69. The van der Waals surface area contributed by atoms with E-state index in [1.54, 1.807) is 18.2 Å². The van der Waals surface area contributed by atoms with Gasteiger partial charge < -0.3 is 0 Å². The molecule has 0 radical (unpaired) electrons. The third kappa shape index (κ3) is 5.39. The second-order valence-electron chi connectivity index (χ2n) is 1.97. The lowest BCUT2D eigenvalue weighted by Gasteiger charge is -1.85. The van der Waals surface area contributed by atoms with Crippen LogP contribution < -0.4 is 0 Å². The number of halogens is 1. The first kappa shape index (κ1) is 9.25. The lowest BCUT2D eigenvalue weighted by atomic mass is 10.3. The minimum absolute atomic E-state index is 0.665. The fourth-order valence-electron chi connectivity index (χ4n) is 0.390. The predicted octanol–water partition coefficient (Wildman–Crippen LogP) is 3.43. The fourth-order valence-corrected chi connectivity index (χ4v) is 0.542. The molecule has 0 nitrogen and oxygen atoms in total. The molecule has 54 valence electrons. The maximum Gasteiger partial charge on any atom is 0.0405 e. The maximum atomic E-state index is 5.69. The van der Waals surface area contributed by atoms with Crippen LogP contribution in [0.1, 0.15) is 6.92 Å². The Balaban J connectivity index is 4.01. The molecule has 0 aromatic heterocycles. The van der Waals surface area contributed by atoms with Crippen molar-refractivity contribution >= 4 is 11.6 Å². The topological polar surface area (TPSA) is 0 Å². The van der Waals surface area contributed by atoms with Crippen molar-refractivity contribution < 1.29 is 0 Å². The van der Waals surface area contributed by atoms with Gasteiger partial charge in [0.2, 0.25) is 0 Å². The minimum Gasteiger partial charge on any atom is -0.0990 e. The SMILES string of the molecule is C=C/C=C(Cl)\C=C/C(=C)C. The van der Waals surface area contributed by atoms with Gasteiger partial charge in [-0.1, -0.05) is 42.5 Å². The van der Waals surface area contributed by atoms with Gasteiger partial charge in [0.25, 0.3) is 0 Å². The number of hydrogen-bond acceptors (Lipinski definition) is 0. The van der Waals surface area contributed by atoms with Gasteiger partial charge in [0.05, 0.1) is 0 Å². The number of rotatable bonds is 3. The second kappa shape index (κ2) is 5.07. The van der Waals surface area contributed by atoms with Crippen LogP contribution in [0.25, 0.3) is 0 Å². The third-order valence-corrected chi connectivity index (χ3v) is 1.06. The molecule has 0 spiro atoms. The fraction of sp³-hybridized carbons (Fsp3) is 0.111. The van der Waals surface area contributed by atoms with Crippen LogP contribution in [0.5, 0.6) is 0 Å². The summed E-state index contributed by atoms with van der Waals surface area (Å²) in [5.74, 6) is 0. The summed E-state index contributed by atoms with van der Waals surface area (Å²) in [7, 11) is 0. The first-order chi connectivity index (χ1) is 4.66. The van der Waals surface area contributed by atoms with Crippen molar-refractivity contribution in [2.45, 2.75) is 6.92 Å². The van der Waals surface area contributed by atoms with Gasteiger partial charge in [-0.15, -0.1) is 0 Å². The molecule has 0 saturated carbocycles. The summed E-state index contributed by atoms with van der Waals surface area (Å²) >= 11 is 5.69. The molecule has 0 aliphatic rings. The highest BCUT2D eigenvalue weighted by Gasteiger charge is 1.79. The Morgan fingerprint density at radius 2 is 2.00 bits per heavy atom. The van der Waals surface area contributed by atoms with Crippen LogP contribution >= 0.6 is 11.6 Å². The molecule has 0 amide bonds. The van der Waals surface area contributed by atoms with E-state index in [9.17, 15) is 0 Å². The highest BCUT2D eigenvalue weighted by molar-refractivity contribution is 6.31. The molecule has 0 rings (SSSR count). The zero-order valence-corrected chi connectivity index (χ0v) is 6.86. The van der Waals surface area contributed by atoms with Crippen molar-refractivity contribution in [3.05, 3.63) is 48.1 Å². The van der Waals surface area contributed by atoms with Crippen molar-refractivity contribution in [2.75, 3.05) is 0 Å². The van der Waals surface area contributed by atoms with E-state index in [0.717, 1.165) is 5.57 Å². The Morgan fingerprint density at radius 1 is 1.40 bits per heavy atom. The van der Waals surface area contributed by atoms with Gasteiger partial charge in [-0.3, -0.25) is 0 Å². The van der Waals surface area contributed by atoms with Gasteiger partial charge in [-0.05, 0) is 19.1 Å². The summed E-state index contributed by atoms with van der Waals surface area (Å²) in [6.45, 7) is 9.11. The van der Waals surface area contributed by atoms with E-state index in [1.165, 1.54) is 0 Å². The molecule has 10 heavy (non-hydrogen) atoms. The molecule has 0 unspecified atom stereocenters. The van der Waals surface area contributed by atoms with Crippen molar-refractivity contribution in [1.82, 2.24) is 0 Å². The summed E-state index contributed by atoms with van der Waals surface area (Å²) in [6, 6.07) is 0. The normalized spacial score (nSPS) is 12.0. The molecule has 0 aromatic rings. The van der Waals surface area contributed by atoms with Crippen molar-refractivity contribution in [3.63, 3.8) is 0 Å². The molecule has 0 aliphatic heterocycles. The second-order valence-corrected chi connectivity index (χ2v) is 2.40. The Hall–Kier alpha value is -0.750. The van der Waals surface area contributed by atoms with Crippen molar-refractivity contribution in [2.24, 2.45) is 0 Å².